The number of halogens is 2. The maximum Gasteiger partial charge on any atom is 0.429 e. The Labute approximate surface area is 271 Å². The summed E-state index contributed by atoms with van der Waals surface area (Å²) in [6.07, 6.45) is -1.17. The standard InChI is InChI=1S/C12H18N2O2.C7H7I.C6H6IN.C5H12N2O2/c1-9-5-7-10(8-6-9)14(13)11(15)16-12(2,3)4;1-6-2-4-7(8)5-3-6;7-5-1-3-6(8)4-2-5;1-5(2,3)9-4(8)7-6/h5-8H,13H2,1-4H3;2-5H,1H3;1-4H,8H2;6H2,1-3H3,(H,7,8). The maximum atomic E-state index is 11.6. The molecule has 7 N–H and O–H groups in total. The molecular weight excluding hydrogens is 748 g/mol. The zero-order valence-electron chi connectivity index (χ0n) is 25.0. The SMILES string of the molecule is CC(C)(C)OC(=O)NN.Cc1ccc(I)cc1.Cc1ccc(N(N)C(=O)OC(C)(C)C)cc1.Nc1ccc(I)cc1. The molecule has 0 aliphatic heterocycles. The van der Waals surface area contributed by atoms with Crippen molar-refractivity contribution >= 4 is 68.7 Å². The van der Waals surface area contributed by atoms with Crippen molar-refractivity contribution in [3.05, 3.63) is 91.1 Å². The van der Waals surface area contributed by atoms with Crippen LogP contribution in [0, 0.1) is 21.0 Å². The molecule has 226 valence electrons. The van der Waals surface area contributed by atoms with Crippen molar-refractivity contribution in [3.8, 4) is 0 Å². The van der Waals surface area contributed by atoms with Crippen LogP contribution in [0.4, 0.5) is 21.0 Å². The van der Waals surface area contributed by atoms with Crippen LogP contribution < -0.4 is 27.9 Å². The molecule has 3 rings (SSSR count). The number of carbonyl (C=O) groups is 2. The quantitative estimate of drug-likeness (QED) is 0.0658. The van der Waals surface area contributed by atoms with Crippen LogP contribution in [0.5, 0.6) is 0 Å². The molecule has 0 unspecified atom stereocenters. The number of aryl methyl sites for hydroxylation is 2. The molecule has 9 nitrogen and oxygen atoms in total. The molecule has 3 aromatic rings. The molecule has 0 saturated heterocycles. The number of hydrazine groups is 2. The molecule has 0 saturated carbocycles. The fraction of sp³-hybridized carbons (Fsp3) is 0.333. The minimum Gasteiger partial charge on any atom is -0.443 e. The molecular formula is C30H43I2N5O4. The third-order valence-electron chi connectivity index (χ3n) is 4.30. The smallest absolute Gasteiger partial charge is 0.429 e. The van der Waals surface area contributed by atoms with E-state index in [1.807, 2.05) is 48.7 Å². The van der Waals surface area contributed by atoms with Crippen molar-refractivity contribution < 1.29 is 19.1 Å². The second-order valence-electron chi connectivity index (χ2n) is 10.7. The van der Waals surface area contributed by atoms with Crippen molar-refractivity contribution in [1.29, 1.82) is 0 Å². The Morgan fingerprint density at radius 2 is 1.07 bits per heavy atom. The number of amides is 2. The van der Waals surface area contributed by atoms with E-state index < -0.39 is 23.4 Å². The highest BCUT2D eigenvalue weighted by molar-refractivity contribution is 14.1. The lowest BCUT2D eigenvalue weighted by molar-refractivity contribution is 0.0525. The first kappa shape index (κ1) is 38.4. The normalized spacial score (nSPS) is 10.2. The first-order valence-electron chi connectivity index (χ1n) is 12.6. The number of nitrogen functional groups attached to an aromatic ring is 1. The molecule has 0 heterocycles. The molecule has 0 spiro atoms. The minimum atomic E-state index is -0.609. The van der Waals surface area contributed by atoms with E-state index in [1.165, 1.54) is 12.7 Å². The topological polar surface area (TPSA) is 146 Å². The Hall–Kier alpha value is -2.62. The van der Waals surface area contributed by atoms with Gasteiger partial charge in [-0.25, -0.2) is 26.3 Å². The van der Waals surface area contributed by atoms with Crippen molar-refractivity contribution in [1.82, 2.24) is 5.43 Å². The summed E-state index contributed by atoms with van der Waals surface area (Å²) in [5.41, 5.74) is 10.1. The third-order valence-corrected chi connectivity index (χ3v) is 5.74. The number of ether oxygens (including phenoxy) is 2. The first-order chi connectivity index (χ1) is 18.8. The highest BCUT2D eigenvalue weighted by atomic mass is 127. The highest BCUT2D eigenvalue weighted by Crippen LogP contribution is 2.16. The van der Waals surface area contributed by atoms with E-state index in [4.69, 9.17) is 26.9 Å². The molecule has 0 bridgehead atoms. The van der Waals surface area contributed by atoms with Gasteiger partial charge >= 0.3 is 12.2 Å². The van der Waals surface area contributed by atoms with Gasteiger partial charge in [-0.15, -0.1) is 0 Å². The molecule has 3 aromatic carbocycles. The van der Waals surface area contributed by atoms with E-state index >= 15 is 0 Å². The van der Waals surface area contributed by atoms with Crippen molar-refractivity contribution in [2.75, 3.05) is 10.7 Å². The Kier molecular flexibility index (Phi) is 17.5. The van der Waals surface area contributed by atoms with Gasteiger partial charge in [-0.2, -0.15) is 0 Å². The van der Waals surface area contributed by atoms with Crippen LogP contribution in [0.1, 0.15) is 52.7 Å². The number of nitrogens with zero attached hydrogens (tertiary/aromatic N) is 1. The van der Waals surface area contributed by atoms with E-state index in [9.17, 15) is 9.59 Å². The van der Waals surface area contributed by atoms with Gasteiger partial charge in [0.2, 0.25) is 0 Å². The average Bonchev–Trinajstić information content (AvgIpc) is 2.87. The van der Waals surface area contributed by atoms with Crippen LogP contribution >= 0.6 is 45.2 Å². The third kappa shape index (κ3) is 20.8. The van der Waals surface area contributed by atoms with E-state index in [1.54, 1.807) is 53.7 Å². The Morgan fingerprint density at radius 1 is 0.707 bits per heavy atom. The van der Waals surface area contributed by atoms with Gasteiger partial charge in [-0.05, 0) is 149 Å². The summed E-state index contributed by atoms with van der Waals surface area (Å²) in [6, 6.07) is 23.5. The zero-order valence-corrected chi connectivity index (χ0v) is 29.3. The van der Waals surface area contributed by atoms with Crippen molar-refractivity contribution in [3.63, 3.8) is 0 Å². The lowest BCUT2D eigenvalue weighted by Gasteiger charge is -2.24. The summed E-state index contributed by atoms with van der Waals surface area (Å²) in [5.74, 6) is 10.4. The number of hydrogen-bond acceptors (Lipinski definition) is 7. The molecule has 0 aliphatic rings. The van der Waals surface area contributed by atoms with Gasteiger partial charge in [0.25, 0.3) is 0 Å². The molecule has 0 aromatic heterocycles. The van der Waals surface area contributed by atoms with E-state index in [2.05, 4.69) is 76.4 Å². The summed E-state index contributed by atoms with van der Waals surface area (Å²) in [5, 5.41) is 1.00. The van der Waals surface area contributed by atoms with Crippen LogP contribution in [0.3, 0.4) is 0 Å². The van der Waals surface area contributed by atoms with Gasteiger partial charge in [0.05, 0.1) is 5.69 Å². The average molecular weight is 792 g/mol. The minimum absolute atomic E-state index is 0.469. The number of benzene rings is 3. The maximum absolute atomic E-state index is 11.6. The highest BCUT2D eigenvalue weighted by Gasteiger charge is 2.21. The van der Waals surface area contributed by atoms with Gasteiger partial charge in [-0.1, -0.05) is 35.4 Å². The molecule has 41 heavy (non-hydrogen) atoms. The van der Waals surface area contributed by atoms with Gasteiger partial charge < -0.3 is 15.2 Å². The van der Waals surface area contributed by atoms with Crippen molar-refractivity contribution in [2.45, 2.75) is 66.6 Å². The summed E-state index contributed by atoms with van der Waals surface area (Å²) in [4.78, 5) is 22.0. The summed E-state index contributed by atoms with van der Waals surface area (Å²) >= 11 is 4.54. The lowest BCUT2D eigenvalue weighted by atomic mass is 10.2. The monoisotopic (exact) mass is 791 g/mol. The van der Waals surface area contributed by atoms with Crippen LogP contribution in [-0.4, -0.2) is 23.4 Å². The number of anilines is 2. The predicted octanol–water partition coefficient (Wildman–Crippen LogP) is 7.47. The second-order valence-corrected chi connectivity index (χ2v) is 13.2. The number of nitrogens with two attached hydrogens (primary N) is 3. The molecule has 0 fully saturated rings. The van der Waals surface area contributed by atoms with Gasteiger partial charge in [0.15, 0.2) is 0 Å². The molecule has 0 aliphatic carbocycles. The van der Waals surface area contributed by atoms with Gasteiger partial charge in [0.1, 0.15) is 11.2 Å². The van der Waals surface area contributed by atoms with Crippen LogP contribution in [0.15, 0.2) is 72.8 Å². The fourth-order valence-electron chi connectivity index (χ4n) is 2.43. The number of nitrogens with one attached hydrogen (secondary N) is 1. The molecule has 0 atom stereocenters. The largest absolute Gasteiger partial charge is 0.443 e. The van der Waals surface area contributed by atoms with E-state index in [0.29, 0.717) is 5.69 Å². The Bertz CT molecular complexity index is 1090. The summed E-state index contributed by atoms with van der Waals surface area (Å²) in [6.45, 7) is 14.8. The van der Waals surface area contributed by atoms with Gasteiger partial charge in [-0.3, -0.25) is 5.43 Å². The number of carbonyl (C=O) groups excluding carboxylic acids is 2. The second kappa shape index (κ2) is 18.7. The fourth-order valence-corrected chi connectivity index (χ4v) is 3.14. The Morgan fingerprint density at radius 3 is 1.37 bits per heavy atom. The predicted molar refractivity (Wildman–Crippen MR) is 185 cm³/mol. The van der Waals surface area contributed by atoms with Gasteiger partial charge in [0, 0.05) is 12.8 Å². The Balaban J connectivity index is 0.000000550. The summed E-state index contributed by atoms with van der Waals surface area (Å²) in [7, 11) is 0. The molecule has 0 radical (unpaired) electrons. The number of hydrogen-bond donors (Lipinski definition) is 4. The van der Waals surface area contributed by atoms with Crippen LogP contribution in [0.2, 0.25) is 0 Å². The zero-order chi connectivity index (χ0) is 31.8. The van der Waals surface area contributed by atoms with E-state index in [-0.39, 0.29) is 0 Å². The lowest BCUT2D eigenvalue weighted by Crippen LogP contribution is -2.41. The first-order valence-corrected chi connectivity index (χ1v) is 14.8. The molecule has 2 amide bonds. The summed E-state index contributed by atoms with van der Waals surface area (Å²) < 4.78 is 12.4. The van der Waals surface area contributed by atoms with E-state index in [0.717, 1.165) is 16.3 Å². The van der Waals surface area contributed by atoms with Crippen molar-refractivity contribution in [2.24, 2.45) is 11.7 Å². The number of rotatable bonds is 1. The van der Waals surface area contributed by atoms with Crippen LogP contribution in [-0.2, 0) is 9.47 Å². The van der Waals surface area contributed by atoms with Crippen LogP contribution in [0.25, 0.3) is 0 Å². The molecule has 11 heteroatoms.